The van der Waals surface area contributed by atoms with Crippen LogP contribution in [0.4, 0.5) is 0 Å². The fourth-order valence-corrected chi connectivity index (χ4v) is 4.32. The third kappa shape index (κ3) is 3.13. The number of benzene rings is 1. The normalized spacial score (nSPS) is 17.9. The third-order valence-electron chi connectivity index (χ3n) is 4.31. The van der Waals surface area contributed by atoms with Crippen molar-refractivity contribution in [3.05, 3.63) is 59.4 Å². The summed E-state index contributed by atoms with van der Waals surface area (Å²) in [5, 5.41) is 4.67. The maximum atomic E-state index is 4.93. The number of nitrogens with zero attached hydrogens (tertiary/aromatic N) is 3. The Morgan fingerprint density at radius 1 is 1.04 bits per heavy atom. The Bertz CT molecular complexity index is 730. The second kappa shape index (κ2) is 6.74. The van der Waals surface area contributed by atoms with Crippen LogP contribution in [0.3, 0.4) is 0 Å². The third-order valence-corrected chi connectivity index (χ3v) is 5.39. The second-order valence-corrected chi connectivity index (χ2v) is 6.90. The number of para-hydroxylation sites is 1. The van der Waals surface area contributed by atoms with E-state index >= 15 is 0 Å². The van der Waals surface area contributed by atoms with Gasteiger partial charge in [-0.1, -0.05) is 12.1 Å². The first-order valence-corrected chi connectivity index (χ1v) is 8.93. The van der Waals surface area contributed by atoms with Gasteiger partial charge in [0.2, 0.25) is 0 Å². The van der Waals surface area contributed by atoms with Gasteiger partial charge in [0.15, 0.2) is 0 Å². The minimum atomic E-state index is 0.218. The molecule has 1 atom stereocenters. The summed E-state index contributed by atoms with van der Waals surface area (Å²) in [5.74, 6) is 0. The Morgan fingerprint density at radius 3 is 2.78 bits per heavy atom. The number of hydrogen-bond donors (Lipinski definition) is 1. The van der Waals surface area contributed by atoms with Crippen LogP contribution in [0, 0.1) is 0 Å². The molecule has 0 spiro atoms. The van der Waals surface area contributed by atoms with Crippen molar-refractivity contribution in [2.75, 3.05) is 26.2 Å². The lowest BCUT2D eigenvalue weighted by atomic mass is 10.1. The predicted molar refractivity (Wildman–Crippen MR) is 94.8 cm³/mol. The smallest absolute Gasteiger partial charge is 0.116 e. The van der Waals surface area contributed by atoms with Crippen molar-refractivity contribution >= 4 is 21.6 Å². The molecule has 4 rings (SSSR count). The zero-order chi connectivity index (χ0) is 15.5. The molecular formula is C18H20N4S. The van der Waals surface area contributed by atoms with E-state index in [4.69, 9.17) is 4.98 Å². The molecule has 1 N–H and O–H groups in total. The maximum Gasteiger partial charge on any atom is 0.116 e. The summed E-state index contributed by atoms with van der Waals surface area (Å²) in [5.41, 5.74) is 2.38. The monoisotopic (exact) mass is 324 g/mol. The molecule has 3 aromatic rings. The van der Waals surface area contributed by atoms with Crippen molar-refractivity contribution in [1.29, 1.82) is 0 Å². The van der Waals surface area contributed by atoms with Crippen molar-refractivity contribution in [3.8, 4) is 0 Å². The van der Waals surface area contributed by atoms with Crippen molar-refractivity contribution in [2.24, 2.45) is 0 Å². The summed E-state index contributed by atoms with van der Waals surface area (Å²) >= 11 is 1.81. The van der Waals surface area contributed by atoms with Gasteiger partial charge < -0.3 is 5.32 Å². The standard InChI is InChI=1S/C18H20N4S/c1-2-5-16-15(4-1)21-18(23-16)17(14-6-9-20-10-7-14)22-12-3-8-19-11-13-22/h1-2,4-7,9-10,17,19H,3,8,11-13H2. The molecule has 23 heavy (non-hydrogen) atoms. The molecule has 118 valence electrons. The number of rotatable bonds is 3. The van der Waals surface area contributed by atoms with E-state index in [1.165, 1.54) is 21.7 Å². The molecule has 0 saturated carbocycles. The molecule has 3 heterocycles. The number of nitrogens with one attached hydrogen (secondary N) is 1. The Balaban J connectivity index is 1.77. The highest BCUT2D eigenvalue weighted by Gasteiger charge is 2.26. The van der Waals surface area contributed by atoms with Gasteiger partial charge in [0.25, 0.3) is 0 Å². The topological polar surface area (TPSA) is 41.1 Å². The molecule has 1 aromatic carbocycles. The number of pyridine rings is 1. The van der Waals surface area contributed by atoms with Crippen molar-refractivity contribution in [1.82, 2.24) is 20.2 Å². The van der Waals surface area contributed by atoms with Gasteiger partial charge in [-0.3, -0.25) is 9.88 Å². The van der Waals surface area contributed by atoms with Crippen LogP contribution in [0.25, 0.3) is 10.2 Å². The van der Waals surface area contributed by atoms with Gasteiger partial charge in [-0.15, -0.1) is 11.3 Å². The molecule has 0 bridgehead atoms. The highest BCUT2D eigenvalue weighted by atomic mass is 32.1. The minimum absolute atomic E-state index is 0.218. The van der Waals surface area contributed by atoms with Gasteiger partial charge in [0.05, 0.1) is 16.3 Å². The van der Waals surface area contributed by atoms with Crippen LogP contribution in [0.15, 0.2) is 48.8 Å². The van der Waals surface area contributed by atoms with E-state index in [0.717, 1.165) is 31.7 Å². The highest BCUT2D eigenvalue weighted by molar-refractivity contribution is 7.18. The summed E-state index contributed by atoms with van der Waals surface area (Å²) in [7, 11) is 0. The summed E-state index contributed by atoms with van der Waals surface area (Å²) < 4.78 is 1.26. The first-order valence-electron chi connectivity index (χ1n) is 8.12. The quantitative estimate of drug-likeness (QED) is 0.804. The molecule has 1 saturated heterocycles. The number of fused-ring (bicyclic) bond motifs is 1. The fraction of sp³-hybridized carbons (Fsp3) is 0.333. The molecule has 1 aliphatic rings. The predicted octanol–water partition coefficient (Wildman–Crippen LogP) is 3.08. The maximum absolute atomic E-state index is 4.93. The number of thiazole rings is 1. The fourth-order valence-electron chi connectivity index (χ4n) is 3.19. The van der Waals surface area contributed by atoms with Crippen LogP contribution >= 0.6 is 11.3 Å². The molecule has 0 amide bonds. The largest absolute Gasteiger partial charge is 0.315 e. The van der Waals surface area contributed by atoms with Crippen LogP contribution in [0.2, 0.25) is 0 Å². The molecule has 1 fully saturated rings. The van der Waals surface area contributed by atoms with Crippen molar-refractivity contribution < 1.29 is 0 Å². The van der Waals surface area contributed by atoms with E-state index in [2.05, 4.69) is 51.6 Å². The van der Waals surface area contributed by atoms with Crippen LogP contribution in [0.1, 0.15) is 23.0 Å². The molecule has 0 radical (unpaired) electrons. The molecule has 1 aliphatic heterocycles. The summed E-state index contributed by atoms with van der Waals surface area (Å²) in [6, 6.07) is 12.9. The van der Waals surface area contributed by atoms with Crippen LogP contribution in [-0.2, 0) is 0 Å². The number of aromatic nitrogens is 2. The molecular weight excluding hydrogens is 304 g/mol. The second-order valence-electron chi connectivity index (χ2n) is 5.84. The Labute approximate surface area is 140 Å². The lowest BCUT2D eigenvalue weighted by Gasteiger charge is -2.29. The minimum Gasteiger partial charge on any atom is -0.315 e. The van der Waals surface area contributed by atoms with Crippen LogP contribution in [-0.4, -0.2) is 41.0 Å². The van der Waals surface area contributed by atoms with E-state index < -0.39 is 0 Å². The van der Waals surface area contributed by atoms with E-state index in [0.29, 0.717) is 0 Å². The Hall–Kier alpha value is -1.82. The van der Waals surface area contributed by atoms with Crippen molar-refractivity contribution in [3.63, 3.8) is 0 Å². The molecule has 4 nitrogen and oxygen atoms in total. The molecule has 5 heteroatoms. The van der Waals surface area contributed by atoms with Crippen molar-refractivity contribution in [2.45, 2.75) is 12.5 Å². The molecule has 2 aromatic heterocycles. The van der Waals surface area contributed by atoms with E-state index in [1.807, 2.05) is 23.7 Å². The van der Waals surface area contributed by atoms with Gasteiger partial charge >= 0.3 is 0 Å². The van der Waals surface area contributed by atoms with E-state index in [-0.39, 0.29) is 6.04 Å². The van der Waals surface area contributed by atoms with Gasteiger partial charge in [-0.05, 0) is 42.8 Å². The SMILES string of the molecule is c1ccc2sc(C(c3ccncc3)N3CCCNCC3)nc2c1. The Morgan fingerprint density at radius 2 is 1.91 bits per heavy atom. The lowest BCUT2D eigenvalue weighted by molar-refractivity contribution is 0.241. The van der Waals surface area contributed by atoms with Gasteiger partial charge in [0.1, 0.15) is 5.01 Å². The summed E-state index contributed by atoms with van der Waals surface area (Å²) in [6.45, 7) is 4.27. The average Bonchev–Trinajstić information content (AvgIpc) is 2.83. The molecule has 0 aliphatic carbocycles. The number of hydrogen-bond acceptors (Lipinski definition) is 5. The first kappa shape index (κ1) is 14.8. The summed E-state index contributed by atoms with van der Waals surface area (Å²) in [4.78, 5) is 11.7. The van der Waals surface area contributed by atoms with Gasteiger partial charge in [-0.2, -0.15) is 0 Å². The first-order chi connectivity index (χ1) is 11.4. The van der Waals surface area contributed by atoms with Gasteiger partial charge in [-0.25, -0.2) is 4.98 Å². The Kier molecular flexibility index (Phi) is 4.33. The van der Waals surface area contributed by atoms with E-state index in [9.17, 15) is 0 Å². The molecule has 1 unspecified atom stereocenters. The summed E-state index contributed by atoms with van der Waals surface area (Å²) in [6.07, 6.45) is 4.93. The lowest BCUT2D eigenvalue weighted by Crippen LogP contribution is -2.33. The zero-order valence-electron chi connectivity index (χ0n) is 13.0. The average molecular weight is 324 g/mol. The van der Waals surface area contributed by atoms with E-state index in [1.54, 1.807) is 0 Å². The van der Waals surface area contributed by atoms with Crippen LogP contribution in [0.5, 0.6) is 0 Å². The highest BCUT2D eigenvalue weighted by Crippen LogP contribution is 2.34. The van der Waals surface area contributed by atoms with Crippen LogP contribution < -0.4 is 5.32 Å². The van der Waals surface area contributed by atoms with Gasteiger partial charge in [0, 0.05) is 32.0 Å². The zero-order valence-corrected chi connectivity index (χ0v) is 13.8.